The van der Waals surface area contributed by atoms with E-state index in [9.17, 15) is 4.79 Å². The molecule has 2 aromatic heterocycles. The number of aromatic nitrogens is 4. The van der Waals surface area contributed by atoms with Crippen molar-refractivity contribution in [2.45, 2.75) is 32.2 Å². The molecule has 0 unspecified atom stereocenters. The molecule has 0 N–H and O–H groups in total. The Hall–Kier alpha value is -3.02. The van der Waals surface area contributed by atoms with Gasteiger partial charge >= 0.3 is 0 Å². The molecule has 0 bridgehead atoms. The fourth-order valence-electron chi connectivity index (χ4n) is 2.97. The van der Waals surface area contributed by atoms with Crippen LogP contribution < -0.4 is 4.90 Å². The van der Waals surface area contributed by atoms with Crippen molar-refractivity contribution in [1.29, 1.82) is 0 Å². The van der Waals surface area contributed by atoms with Crippen molar-refractivity contribution in [1.82, 2.24) is 20.0 Å². The summed E-state index contributed by atoms with van der Waals surface area (Å²) in [4.78, 5) is 15.0. The van der Waals surface area contributed by atoms with E-state index in [-0.39, 0.29) is 5.91 Å². The molecule has 1 aromatic carbocycles. The number of carbonyl (C=O) groups excluding carboxylic acids is 1. The first kappa shape index (κ1) is 16.4. The SMILES string of the molecule is Cc1ccc(N(Cc2ccccc2)C(=O)c2cc(C3CC3)nn2C)nn1. The van der Waals surface area contributed by atoms with Crippen LogP contribution in [0.3, 0.4) is 0 Å². The Morgan fingerprint density at radius 3 is 2.58 bits per heavy atom. The van der Waals surface area contributed by atoms with Crippen LogP contribution in [-0.4, -0.2) is 25.9 Å². The first-order valence-corrected chi connectivity index (χ1v) is 8.82. The number of rotatable bonds is 5. The van der Waals surface area contributed by atoms with Crippen LogP contribution in [0.15, 0.2) is 48.5 Å². The number of nitrogens with zero attached hydrogens (tertiary/aromatic N) is 5. The molecule has 132 valence electrons. The highest BCUT2D eigenvalue weighted by atomic mass is 16.2. The maximum absolute atomic E-state index is 13.3. The molecule has 1 aliphatic rings. The molecule has 0 atom stereocenters. The van der Waals surface area contributed by atoms with Crippen molar-refractivity contribution in [3.05, 3.63) is 71.2 Å². The molecule has 1 fully saturated rings. The number of aryl methyl sites for hydroxylation is 2. The van der Waals surface area contributed by atoms with Gasteiger partial charge in [-0.1, -0.05) is 30.3 Å². The monoisotopic (exact) mass is 347 g/mol. The van der Waals surface area contributed by atoms with Crippen LogP contribution in [0.4, 0.5) is 5.82 Å². The molecule has 4 rings (SSSR count). The zero-order valence-corrected chi connectivity index (χ0v) is 15.0. The van der Waals surface area contributed by atoms with Crippen LogP contribution in [0, 0.1) is 6.92 Å². The molecular formula is C20H21N5O. The van der Waals surface area contributed by atoms with Crippen LogP contribution in [0.2, 0.25) is 0 Å². The van der Waals surface area contributed by atoms with Gasteiger partial charge in [-0.15, -0.1) is 5.10 Å². The first-order valence-electron chi connectivity index (χ1n) is 8.82. The van der Waals surface area contributed by atoms with Crippen LogP contribution in [0.25, 0.3) is 0 Å². The summed E-state index contributed by atoms with van der Waals surface area (Å²) in [6.07, 6.45) is 2.31. The standard InChI is InChI=1S/C20H21N5O/c1-14-8-11-19(22-21-14)25(13-15-6-4-3-5-7-15)20(26)18-12-17(16-9-10-16)23-24(18)2/h3-8,11-12,16H,9-10,13H2,1-2H3. The lowest BCUT2D eigenvalue weighted by Crippen LogP contribution is -2.32. The van der Waals surface area contributed by atoms with Gasteiger partial charge in [-0.05, 0) is 43.5 Å². The molecule has 0 aliphatic heterocycles. The second kappa shape index (κ2) is 6.71. The summed E-state index contributed by atoms with van der Waals surface area (Å²) >= 11 is 0. The van der Waals surface area contributed by atoms with Gasteiger partial charge < -0.3 is 0 Å². The smallest absolute Gasteiger partial charge is 0.278 e. The summed E-state index contributed by atoms with van der Waals surface area (Å²) in [6.45, 7) is 2.31. The highest BCUT2D eigenvalue weighted by Crippen LogP contribution is 2.39. The lowest BCUT2D eigenvalue weighted by molar-refractivity contribution is 0.0975. The average molecular weight is 347 g/mol. The largest absolute Gasteiger partial charge is 0.285 e. The Kier molecular flexibility index (Phi) is 4.24. The van der Waals surface area contributed by atoms with E-state index in [1.165, 1.54) is 0 Å². The van der Waals surface area contributed by atoms with Crippen LogP contribution >= 0.6 is 0 Å². The number of carbonyl (C=O) groups is 1. The summed E-state index contributed by atoms with van der Waals surface area (Å²) in [6, 6.07) is 15.5. The highest BCUT2D eigenvalue weighted by Gasteiger charge is 2.30. The zero-order valence-electron chi connectivity index (χ0n) is 15.0. The van der Waals surface area contributed by atoms with Crippen LogP contribution in [0.5, 0.6) is 0 Å². The molecule has 1 saturated carbocycles. The summed E-state index contributed by atoms with van der Waals surface area (Å²) in [7, 11) is 1.82. The third-order valence-electron chi connectivity index (χ3n) is 4.60. The van der Waals surface area contributed by atoms with E-state index in [0.29, 0.717) is 24.0 Å². The molecule has 3 aromatic rings. The van der Waals surface area contributed by atoms with E-state index in [1.54, 1.807) is 9.58 Å². The van der Waals surface area contributed by atoms with Gasteiger partial charge in [0.1, 0.15) is 5.69 Å². The van der Waals surface area contributed by atoms with E-state index >= 15 is 0 Å². The highest BCUT2D eigenvalue weighted by molar-refractivity contribution is 6.04. The third-order valence-corrected chi connectivity index (χ3v) is 4.60. The molecule has 1 amide bonds. The molecule has 6 nitrogen and oxygen atoms in total. The number of hydrogen-bond donors (Lipinski definition) is 0. The number of benzene rings is 1. The molecule has 0 saturated heterocycles. The Morgan fingerprint density at radius 2 is 1.92 bits per heavy atom. The van der Waals surface area contributed by atoms with Crippen molar-refractivity contribution in [2.24, 2.45) is 7.05 Å². The van der Waals surface area contributed by atoms with Gasteiger partial charge in [0.2, 0.25) is 0 Å². The Balaban J connectivity index is 1.69. The van der Waals surface area contributed by atoms with E-state index in [1.807, 2.05) is 62.5 Å². The van der Waals surface area contributed by atoms with Crippen molar-refractivity contribution in [3.8, 4) is 0 Å². The van der Waals surface area contributed by atoms with Crippen molar-refractivity contribution in [2.75, 3.05) is 4.90 Å². The normalized spacial score (nSPS) is 13.6. The van der Waals surface area contributed by atoms with Gasteiger partial charge in [-0.2, -0.15) is 10.2 Å². The van der Waals surface area contributed by atoms with E-state index < -0.39 is 0 Å². The van der Waals surface area contributed by atoms with Crippen LogP contribution in [-0.2, 0) is 13.6 Å². The Labute approximate surface area is 152 Å². The molecule has 6 heteroatoms. The third kappa shape index (κ3) is 3.35. The minimum atomic E-state index is -0.117. The van der Waals surface area contributed by atoms with Gasteiger partial charge in [-0.3, -0.25) is 14.4 Å². The summed E-state index contributed by atoms with van der Waals surface area (Å²) in [5.74, 6) is 0.928. The molecular weight excluding hydrogens is 326 g/mol. The maximum Gasteiger partial charge on any atom is 0.278 e. The van der Waals surface area contributed by atoms with Gasteiger partial charge in [-0.25, -0.2) is 0 Å². The number of amides is 1. The van der Waals surface area contributed by atoms with Gasteiger partial charge in [0.15, 0.2) is 5.82 Å². The minimum absolute atomic E-state index is 0.117. The quantitative estimate of drug-likeness (QED) is 0.711. The summed E-state index contributed by atoms with van der Waals surface area (Å²) < 4.78 is 1.68. The van der Waals surface area contributed by atoms with Crippen molar-refractivity contribution >= 4 is 11.7 Å². The second-order valence-corrected chi connectivity index (χ2v) is 6.76. The van der Waals surface area contributed by atoms with Crippen LogP contribution in [0.1, 0.15) is 46.2 Å². The predicted octanol–water partition coefficient (Wildman–Crippen LogP) is 3.24. The predicted molar refractivity (Wildman–Crippen MR) is 98.9 cm³/mol. The van der Waals surface area contributed by atoms with Gasteiger partial charge in [0.25, 0.3) is 5.91 Å². The van der Waals surface area contributed by atoms with Crippen molar-refractivity contribution < 1.29 is 4.79 Å². The van der Waals surface area contributed by atoms with Gasteiger partial charge in [0.05, 0.1) is 17.9 Å². The molecule has 2 heterocycles. The fraction of sp³-hybridized carbons (Fsp3) is 0.300. The topological polar surface area (TPSA) is 63.9 Å². The molecule has 26 heavy (non-hydrogen) atoms. The lowest BCUT2D eigenvalue weighted by atomic mass is 10.2. The van der Waals surface area contributed by atoms with E-state index in [4.69, 9.17) is 0 Å². The maximum atomic E-state index is 13.3. The van der Waals surface area contributed by atoms with Gasteiger partial charge in [0, 0.05) is 13.0 Å². The number of hydrogen-bond acceptors (Lipinski definition) is 4. The van der Waals surface area contributed by atoms with E-state index in [2.05, 4.69) is 15.3 Å². The fourth-order valence-corrected chi connectivity index (χ4v) is 2.97. The second-order valence-electron chi connectivity index (χ2n) is 6.76. The summed E-state index contributed by atoms with van der Waals surface area (Å²) in [5.41, 5.74) is 3.43. The summed E-state index contributed by atoms with van der Waals surface area (Å²) in [5, 5.41) is 12.9. The zero-order chi connectivity index (χ0) is 18.1. The first-order chi connectivity index (χ1) is 12.6. The van der Waals surface area contributed by atoms with E-state index in [0.717, 1.165) is 29.8 Å². The molecule has 0 spiro atoms. The number of anilines is 1. The minimum Gasteiger partial charge on any atom is -0.285 e. The average Bonchev–Trinajstić information content (AvgIpc) is 3.43. The molecule has 1 aliphatic carbocycles. The Morgan fingerprint density at radius 1 is 1.15 bits per heavy atom. The lowest BCUT2D eigenvalue weighted by Gasteiger charge is -2.21. The Bertz CT molecular complexity index is 913. The molecule has 0 radical (unpaired) electrons. The van der Waals surface area contributed by atoms with Crippen molar-refractivity contribution in [3.63, 3.8) is 0 Å².